The fourth-order valence-electron chi connectivity index (χ4n) is 6.59. The van der Waals surface area contributed by atoms with E-state index in [1.54, 1.807) is 12.1 Å². The standard InChI is InChI=1S/C34H42FN3O/c1-25-9-7-8-12-32(25)33-24-37(21-26-13-19-30(20-14-26)36(2)3)22-28(33)23-38(31-10-5-4-6-11-31)34(39)27-15-17-29(35)18-16-27/h7-9,12-20,28,31,33H,4-6,10-11,21-24H2,1-3H3/t28-,33+/m0/s1. The molecule has 1 amide bonds. The van der Waals surface area contributed by atoms with Gasteiger partial charge in [0, 0.05) is 63.5 Å². The van der Waals surface area contributed by atoms with Crippen molar-refractivity contribution in [1.82, 2.24) is 9.80 Å². The number of nitrogens with zero attached hydrogens (tertiary/aromatic N) is 3. The van der Waals surface area contributed by atoms with Crippen molar-refractivity contribution in [2.45, 2.75) is 57.5 Å². The second-order valence-electron chi connectivity index (χ2n) is 11.7. The molecule has 3 aromatic rings. The first kappa shape index (κ1) is 27.4. The number of halogens is 1. The van der Waals surface area contributed by atoms with Gasteiger partial charge in [0.25, 0.3) is 5.91 Å². The Morgan fingerprint density at radius 3 is 2.26 bits per heavy atom. The van der Waals surface area contributed by atoms with Crippen LogP contribution in [0.1, 0.15) is 65.1 Å². The molecule has 2 aliphatic rings. The van der Waals surface area contributed by atoms with Gasteiger partial charge in [-0.1, -0.05) is 55.7 Å². The minimum absolute atomic E-state index is 0.0446. The molecule has 1 saturated heterocycles. The summed E-state index contributed by atoms with van der Waals surface area (Å²) < 4.78 is 13.7. The lowest BCUT2D eigenvalue weighted by atomic mass is 9.85. The van der Waals surface area contributed by atoms with Crippen LogP contribution in [-0.2, 0) is 6.54 Å². The van der Waals surface area contributed by atoms with Crippen LogP contribution in [0.15, 0.2) is 72.8 Å². The summed E-state index contributed by atoms with van der Waals surface area (Å²) >= 11 is 0. The molecule has 5 heteroatoms. The quantitative estimate of drug-likeness (QED) is 0.319. The highest BCUT2D eigenvalue weighted by molar-refractivity contribution is 5.94. The lowest BCUT2D eigenvalue weighted by molar-refractivity contribution is 0.0588. The Labute approximate surface area is 233 Å². The number of carbonyl (C=O) groups excluding carboxylic acids is 1. The van der Waals surface area contributed by atoms with E-state index in [2.05, 4.69) is 84.2 Å². The van der Waals surface area contributed by atoms with Crippen molar-refractivity contribution < 1.29 is 9.18 Å². The maximum Gasteiger partial charge on any atom is 0.254 e. The summed E-state index contributed by atoms with van der Waals surface area (Å²) in [5.41, 5.74) is 5.82. The van der Waals surface area contributed by atoms with Crippen molar-refractivity contribution >= 4 is 11.6 Å². The highest BCUT2D eigenvalue weighted by Crippen LogP contribution is 2.37. The van der Waals surface area contributed by atoms with Gasteiger partial charge in [-0.3, -0.25) is 9.69 Å². The van der Waals surface area contributed by atoms with Crippen LogP contribution in [0, 0.1) is 18.7 Å². The average molecular weight is 528 g/mol. The fourth-order valence-corrected chi connectivity index (χ4v) is 6.59. The molecule has 1 saturated carbocycles. The first-order valence-corrected chi connectivity index (χ1v) is 14.5. The molecular weight excluding hydrogens is 485 g/mol. The zero-order chi connectivity index (χ0) is 27.4. The van der Waals surface area contributed by atoms with Crippen LogP contribution in [-0.4, -0.2) is 55.5 Å². The summed E-state index contributed by atoms with van der Waals surface area (Å²) in [6.07, 6.45) is 5.68. The van der Waals surface area contributed by atoms with Crippen LogP contribution < -0.4 is 4.90 Å². The van der Waals surface area contributed by atoms with E-state index in [0.29, 0.717) is 17.4 Å². The number of likely N-dealkylation sites (tertiary alicyclic amines) is 1. The lowest BCUT2D eigenvalue weighted by Gasteiger charge is -2.37. The van der Waals surface area contributed by atoms with Gasteiger partial charge in [-0.2, -0.15) is 0 Å². The molecule has 0 spiro atoms. The Hall–Kier alpha value is -3.18. The number of aryl methyl sites for hydroxylation is 1. The summed E-state index contributed by atoms with van der Waals surface area (Å²) in [5.74, 6) is 0.432. The maximum atomic E-state index is 13.9. The first-order valence-electron chi connectivity index (χ1n) is 14.5. The Kier molecular flexibility index (Phi) is 8.66. The van der Waals surface area contributed by atoms with Crippen molar-refractivity contribution in [3.8, 4) is 0 Å². The van der Waals surface area contributed by atoms with Crippen LogP contribution in [0.2, 0.25) is 0 Å². The molecule has 39 heavy (non-hydrogen) atoms. The molecule has 0 aromatic heterocycles. The molecule has 2 fully saturated rings. The monoisotopic (exact) mass is 527 g/mol. The Morgan fingerprint density at radius 1 is 0.897 bits per heavy atom. The largest absolute Gasteiger partial charge is 0.378 e. The van der Waals surface area contributed by atoms with Crippen molar-refractivity contribution in [1.29, 1.82) is 0 Å². The summed E-state index contributed by atoms with van der Waals surface area (Å²) in [7, 11) is 4.14. The van der Waals surface area contributed by atoms with Crippen LogP contribution in [0.5, 0.6) is 0 Å². The topological polar surface area (TPSA) is 26.8 Å². The number of rotatable bonds is 8. The fraction of sp³-hybridized carbons (Fsp3) is 0.441. The summed E-state index contributed by atoms with van der Waals surface area (Å²) in [4.78, 5) is 20.7. The third kappa shape index (κ3) is 6.52. The van der Waals surface area contributed by atoms with E-state index >= 15 is 0 Å². The van der Waals surface area contributed by atoms with Crippen molar-refractivity contribution in [2.24, 2.45) is 5.92 Å². The number of hydrogen-bond acceptors (Lipinski definition) is 3. The molecule has 206 valence electrons. The lowest BCUT2D eigenvalue weighted by Crippen LogP contribution is -2.45. The normalized spacial score (nSPS) is 20.2. The number of benzene rings is 3. The van der Waals surface area contributed by atoms with E-state index in [9.17, 15) is 9.18 Å². The number of amides is 1. The van der Waals surface area contributed by atoms with E-state index in [1.165, 1.54) is 53.8 Å². The maximum absolute atomic E-state index is 13.9. The Bertz CT molecular complexity index is 1230. The van der Waals surface area contributed by atoms with E-state index in [-0.39, 0.29) is 17.8 Å². The zero-order valence-corrected chi connectivity index (χ0v) is 23.7. The molecular formula is C34H42FN3O. The third-order valence-electron chi connectivity index (χ3n) is 8.76. The molecule has 0 unspecified atom stereocenters. The average Bonchev–Trinajstić information content (AvgIpc) is 3.34. The van der Waals surface area contributed by atoms with Crippen molar-refractivity contribution in [3.63, 3.8) is 0 Å². The summed E-state index contributed by atoms with van der Waals surface area (Å²) in [6, 6.07) is 23.9. The minimum atomic E-state index is -0.305. The smallest absolute Gasteiger partial charge is 0.254 e. The van der Waals surface area contributed by atoms with Gasteiger partial charge in [-0.05, 0) is 78.8 Å². The third-order valence-corrected chi connectivity index (χ3v) is 8.76. The highest BCUT2D eigenvalue weighted by atomic mass is 19.1. The van der Waals surface area contributed by atoms with Crippen LogP contribution >= 0.6 is 0 Å². The Morgan fingerprint density at radius 2 is 1.59 bits per heavy atom. The number of hydrogen-bond donors (Lipinski definition) is 0. The molecule has 5 rings (SSSR count). The second kappa shape index (κ2) is 12.3. The van der Waals surface area contributed by atoms with Gasteiger partial charge in [0.1, 0.15) is 5.82 Å². The van der Waals surface area contributed by atoms with Crippen LogP contribution in [0.3, 0.4) is 0 Å². The van der Waals surface area contributed by atoms with E-state index < -0.39 is 0 Å². The van der Waals surface area contributed by atoms with Crippen molar-refractivity contribution in [2.75, 3.05) is 38.6 Å². The van der Waals surface area contributed by atoms with E-state index in [0.717, 1.165) is 39.0 Å². The van der Waals surface area contributed by atoms with Gasteiger partial charge >= 0.3 is 0 Å². The zero-order valence-electron chi connectivity index (χ0n) is 23.7. The number of carbonyl (C=O) groups is 1. The molecule has 0 N–H and O–H groups in total. The Balaban J connectivity index is 1.41. The minimum Gasteiger partial charge on any atom is -0.378 e. The molecule has 1 heterocycles. The molecule has 4 nitrogen and oxygen atoms in total. The van der Waals surface area contributed by atoms with E-state index in [4.69, 9.17) is 0 Å². The molecule has 1 aliphatic carbocycles. The molecule has 0 radical (unpaired) electrons. The van der Waals surface area contributed by atoms with E-state index in [1.807, 2.05) is 0 Å². The van der Waals surface area contributed by atoms with Gasteiger partial charge in [0.05, 0.1) is 0 Å². The van der Waals surface area contributed by atoms with Crippen molar-refractivity contribution in [3.05, 3.63) is 101 Å². The first-order chi connectivity index (χ1) is 18.9. The van der Waals surface area contributed by atoms with Gasteiger partial charge in [0.15, 0.2) is 0 Å². The summed E-state index contributed by atoms with van der Waals surface area (Å²) in [6.45, 7) is 5.78. The van der Waals surface area contributed by atoms with Gasteiger partial charge < -0.3 is 9.80 Å². The van der Waals surface area contributed by atoms with Crippen LogP contribution in [0.4, 0.5) is 10.1 Å². The highest BCUT2D eigenvalue weighted by Gasteiger charge is 2.38. The molecule has 1 aliphatic heterocycles. The molecule has 0 bridgehead atoms. The molecule has 2 atom stereocenters. The van der Waals surface area contributed by atoms with Gasteiger partial charge in [0.2, 0.25) is 0 Å². The van der Waals surface area contributed by atoms with Crippen LogP contribution in [0.25, 0.3) is 0 Å². The molecule has 3 aromatic carbocycles. The predicted molar refractivity (Wildman–Crippen MR) is 158 cm³/mol. The predicted octanol–water partition coefficient (Wildman–Crippen LogP) is 6.89. The van der Waals surface area contributed by atoms with Gasteiger partial charge in [-0.25, -0.2) is 4.39 Å². The summed E-state index contributed by atoms with van der Waals surface area (Å²) in [5, 5.41) is 0. The van der Waals surface area contributed by atoms with Gasteiger partial charge in [-0.15, -0.1) is 0 Å². The number of anilines is 1. The second-order valence-corrected chi connectivity index (χ2v) is 11.7. The SMILES string of the molecule is Cc1ccccc1[C@@H]1CN(Cc2ccc(N(C)C)cc2)C[C@H]1CN(C(=O)c1ccc(F)cc1)C1CCCCC1.